The van der Waals surface area contributed by atoms with Crippen molar-refractivity contribution in [2.45, 2.75) is 14.3 Å². The number of non-ortho nitro benzene ring substituents is 1. The summed E-state index contributed by atoms with van der Waals surface area (Å²) < 4.78 is -1.21. The summed E-state index contributed by atoms with van der Waals surface area (Å²) in [6, 6.07) is 4.23. The van der Waals surface area contributed by atoms with Gasteiger partial charge in [0.25, 0.3) is 11.6 Å². The number of halogens is 3. The van der Waals surface area contributed by atoms with E-state index in [1.165, 1.54) is 24.3 Å². The molecular weight excluding hydrogens is 480 g/mol. The molecule has 1 aromatic rings. The average molecular weight is 491 g/mol. The summed E-state index contributed by atoms with van der Waals surface area (Å²) in [7, 11) is 0. The van der Waals surface area contributed by atoms with Crippen LogP contribution in [-0.4, -0.2) is 35.8 Å². The highest BCUT2D eigenvalue weighted by Crippen LogP contribution is 2.34. The molecule has 0 aliphatic rings. The van der Waals surface area contributed by atoms with Crippen LogP contribution in [0.15, 0.2) is 24.3 Å². The third-order valence-corrected chi connectivity index (χ3v) is 3.68. The minimum absolute atomic E-state index is 0.115. The van der Waals surface area contributed by atoms with Crippen molar-refractivity contribution in [2.75, 3.05) is 6.61 Å². The molecule has 7 nitrogen and oxygen atoms in total. The number of carbonyl (C=O) groups is 1. The Labute approximate surface area is 145 Å². The summed E-state index contributed by atoms with van der Waals surface area (Å²) in [4.78, 5) is 21.7. The van der Waals surface area contributed by atoms with Crippen LogP contribution in [0, 0.1) is 10.1 Å². The highest BCUT2D eigenvalue weighted by molar-refractivity contribution is 9.40. The standard InChI is InChI=1S/C11H11Br3N2O5/c12-11(13,14)10(19)15-8(5-17)9(18)6-1-3-7(4-2-6)16(20)21/h1-4,8-9,17-18H,5H2,(H,15,19)/t8-,9-/m1/s1. The molecule has 0 spiro atoms. The zero-order chi connectivity index (χ0) is 16.2. The summed E-state index contributed by atoms with van der Waals surface area (Å²) in [5.74, 6) is -0.553. The Balaban J connectivity index is 2.85. The van der Waals surface area contributed by atoms with E-state index in [2.05, 4.69) is 53.1 Å². The normalized spacial score (nSPS) is 14.3. The Hall–Kier alpha value is -0.550. The van der Waals surface area contributed by atoms with Crippen LogP contribution < -0.4 is 5.32 Å². The molecule has 21 heavy (non-hydrogen) atoms. The van der Waals surface area contributed by atoms with E-state index in [1.54, 1.807) is 0 Å². The van der Waals surface area contributed by atoms with Gasteiger partial charge < -0.3 is 15.5 Å². The minimum atomic E-state index is -1.21. The fourth-order valence-electron chi connectivity index (χ4n) is 1.50. The second-order valence-electron chi connectivity index (χ2n) is 4.05. The third-order valence-electron chi connectivity index (χ3n) is 2.60. The predicted molar refractivity (Wildman–Crippen MR) is 86.6 cm³/mol. The van der Waals surface area contributed by atoms with Crippen LogP contribution >= 0.6 is 47.8 Å². The second kappa shape index (κ2) is 7.63. The first-order chi connectivity index (χ1) is 9.66. The number of benzene rings is 1. The molecule has 1 amide bonds. The smallest absolute Gasteiger partial charge is 0.269 e. The molecule has 0 fully saturated rings. The summed E-state index contributed by atoms with van der Waals surface area (Å²) in [6.45, 7) is -0.507. The molecule has 0 aliphatic carbocycles. The Morgan fingerprint density at radius 1 is 1.33 bits per heavy atom. The number of nitrogens with zero attached hydrogens (tertiary/aromatic N) is 1. The van der Waals surface area contributed by atoms with Gasteiger partial charge in [0.05, 0.1) is 17.6 Å². The van der Waals surface area contributed by atoms with E-state index in [0.29, 0.717) is 5.56 Å². The first-order valence-corrected chi connectivity index (χ1v) is 7.95. The van der Waals surface area contributed by atoms with Gasteiger partial charge in [0.2, 0.25) is 2.14 Å². The molecule has 0 saturated carbocycles. The van der Waals surface area contributed by atoms with Gasteiger partial charge in [0.15, 0.2) is 0 Å². The lowest BCUT2D eigenvalue weighted by Crippen LogP contribution is -2.46. The molecule has 0 heterocycles. The molecule has 0 radical (unpaired) electrons. The van der Waals surface area contributed by atoms with E-state index in [4.69, 9.17) is 0 Å². The SMILES string of the molecule is O=C(N[C@H](CO)[C@H](O)c1ccc([N+](=O)[O-])cc1)C(Br)(Br)Br. The largest absolute Gasteiger partial charge is 0.394 e. The maximum atomic E-state index is 11.7. The summed E-state index contributed by atoms with van der Waals surface area (Å²) in [6.07, 6.45) is -1.21. The molecule has 0 aliphatic heterocycles. The highest BCUT2D eigenvalue weighted by Gasteiger charge is 2.32. The molecule has 3 N–H and O–H groups in total. The lowest BCUT2D eigenvalue weighted by atomic mass is 10.0. The number of nitro groups is 1. The van der Waals surface area contributed by atoms with E-state index in [1.807, 2.05) is 0 Å². The van der Waals surface area contributed by atoms with Gasteiger partial charge in [-0.3, -0.25) is 14.9 Å². The lowest BCUT2D eigenvalue weighted by Gasteiger charge is -2.24. The maximum Gasteiger partial charge on any atom is 0.269 e. The Morgan fingerprint density at radius 2 is 1.86 bits per heavy atom. The second-order valence-corrected chi connectivity index (χ2v) is 10.8. The molecule has 0 aromatic heterocycles. The van der Waals surface area contributed by atoms with Gasteiger partial charge in [-0.15, -0.1) is 0 Å². The molecular formula is C11H11Br3N2O5. The number of nitro benzene ring substituents is 1. The number of rotatable bonds is 5. The van der Waals surface area contributed by atoms with Crippen molar-refractivity contribution >= 4 is 59.4 Å². The van der Waals surface area contributed by atoms with Crippen molar-refractivity contribution in [3.63, 3.8) is 0 Å². The molecule has 0 saturated heterocycles. The van der Waals surface area contributed by atoms with E-state index >= 15 is 0 Å². The molecule has 1 rings (SSSR count). The molecule has 116 valence electrons. The van der Waals surface area contributed by atoms with Crippen molar-refractivity contribution in [3.05, 3.63) is 39.9 Å². The van der Waals surface area contributed by atoms with Crippen molar-refractivity contribution < 1.29 is 19.9 Å². The van der Waals surface area contributed by atoms with Crippen LogP contribution in [0.5, 0.6) is 0 Å². The Kier molecular flexibility index (Phi) is 6.72. The zero-order valence-electron chi connectivity index (χ0n) is 10.4. The molecule has 0 bridgehead atoms. The molecule has 1 aromatic carbocycles. The van der Waals surface area contributed by atoms with Gasteiger partial charge in [-0.1, -0.05) is 0 Å². The Bertz CT molecular complexity index is 518. The van der Waals surface area contributed by atoms with E-state index < -0.39 is 31.7 Å². The summed E-state index contributed by atoms with van der Waals surface area (Å²) >= 11 is 9.05. The summed E-state index contributed by atoms with van der Waals surface area (Å²) in [5.41, 5.74) is 0.222. The van der Waals surface area contributed by atoms with Crippen LogP contribution in [0.3, 0.4) is 0 Å². The fourth-order valence-corrected chi connectivity index (χ4v) is 1.84. The topological polar surface area (TPSA) is 113 Å². The van der Waals surface area contributed by atoms with Crippen LogP contribution in [0.25, 0.3) is 0 Å². The van der Waals surface area contributed by atoms with E-state index in [9.17, 15) is 25.1 Å². The lowest BCUT2D eigenvalue weighted by molar-refractivity contribution is -0.384. The van der Waals surface area contributed by atoms with E-state index in [-0.39, 0.29) is 5.69 Å². The number of hydrogen-bond acceptors (Lipinski definition) is 5. The highest BCUT2D eigenvalue weighted by atomic mass is 80.0. The molecule has 0 unspecified atom stereocenters. The molecule has 2 atom stereocenters. The van der Waals surface area contributed by atoms with Crippen molar-refractivity contribution in [3.8, 4) is 0 Å². The average Bonchev–Trinajstić information content (AvgIpc) is 2.42. The number of amides is 1. The monoisotopic (exact) mass is 488 g/mol. The number of nitrogens with one attached hydrogen (secondary N) is 1. The van der Waals surface area contributed by atoms with Crippen molar-refractivity contribution in [1.82, 2.24) is 5.32 Å². The minimum Gasteiger partial charge on any atom is -0.394 e. The zero-order valence-corrected chi connectivity index (χ0v) is 15.1. The first-order valence-electron chi connectivity index (χ1n) is 5.57. The van der Waals surface area contributed by atoms with Crippen molar-refractivity contribution in [1.29, 1.82) is 0 Å². The van der Waals surface area contributed by atoms with Gasteiger partial charge in [-0.2, -0.15) is 0 Å². The van der Waals surface area contributed by atoms with Gasteiger partial charge in [-0.05, 0) is 65.5 Å². The third kappa shape index (κ3) is 5.29. The van der Waals surface area contributed by atoms with Crippen LogP contribution in [-0.2, 0) is 4.79 Å². The number of alkyl halides is 3. The summed E-state index contributed by atoms with van der Waals surface area (Å²) in [5, 5.41) is 32.4. The van der Waals surface area contributed by atoms with Crippen LogP contribution in [0.2, 0.25) is 0 Å². The maximum absolute atomic E-state index is 11.7. The number of hydrogen-bond donors (Lipinski definition) is 3. The van der Waals surface area contributed by atoms with Crippen LogP contribution in [0.1, 0.15) is 11.7 Å². The first kappa shape index (κ1) is 18.5. The van der Waals surface area contributed by atoms with Crippen LogP contribution in [0.4, 0.5) is 5.69 Å². The molecule has 10 heteroatoms. The predicted octanol–water partition coefficient (Wildman–Crippen LogP) is 1.94. The van der Waals surface area contributed by atoms with Gasteiger partial charge in [0.1, 0.15) is 6.10 Å². The van der Waals surface area contributed by atoms with Gasteiger partial charge in [0, 0.05) is 12.1 Å². The number of carbonyl (C=O) groups excluding carboxylic acids is 1. The van der Waals surface area contributed by atoms with Crippen molar-refractivity contribution in [2.24, 2.45) is 0 Å². The quantitative estimate of drug-likeness (QED) is 0.332. The van der Waals surface area contributed by atoms with E-state index in [0.717, 1.165) is 0 Å². The van der Waals surface area contributed by atoms with Gasteiger partial charge in [-0.25, -0.2) is 0 Å². The Morgan fingerprint density at radius 3 is 2.24 bits per heavy atom. The number of aliphatic hydroxyl groups is 2. The fraction of sp³-hybridized carbons (Fsp3) is 0.364. The number of aliphatic hydroxyl groups excluding tert-OH is 2. The van der Waals surface area contributed by atoms with Gasteiger partial charge >= 0.3 is 0 Å².